The van der Waals surface area contributed by atoms with Crippen LogP contribution in [0.15, 0.2) is 97.1 Å². The molecule has 3 aromatic carbocycles. The highest BCUT2D eigenvalue weighted by Crippen LogP contribution is 2.40. The maximum absolute atomic E-state index is 5.96. The van der Waals surface area contributed by atoms with E-state index in [1.54, 1.807) is 6.07 Å². The van der Waals surface area contributed by atoms with Crippen LogP contribution in [-0.4, -0.2) is 21.6 Å². The Balaban J connectivity index is 1.32. The highest BCUT2D eigenvalue weighted by molar-refractivity contribution is 7.80. The first-order valence-electron chi connectivity index (χ1n) is 12.1. The average molecular weight is 497 g/mol. The van der Waals surface area contributed by atoms with Crippen molar-refractivity contribution in [3.8, 4) is 23.3 Å². The molecule has 1 heterocycles. The molecule has 1 fully saturated rings. The van der Waals surface area contributed by atoms with Gasteiger partial charge in [-0.3, -0.25) is 0 Å². The van der Waals surface area contributed by atoms with E-state index in [1.807, 2.05) is 60.7 Å². The lowest BCUT2D eigenvalue weighted by Gasteiger charge is -2.30. The van der Waals surface area contributed by atoms with E-state index >= 15 is 0 Å². The summed E-state index contributed by atoms with van der Waals surface area (Å²) >= 11 is 5.63. The molecule has 4 aromatic rings. The molecule has 7 heteroatoms. The SMILES string of the molecule is S=C(NCC1(c2ccccc2)CCCC1)Nc1nc(Oc2ccccc2)cc(Oc2ccccc2)n1. The average Bonchev–Trinajstić information content (AvgIpc) is 3.39. The van der Waals surface area contributed by atoms with Gasteiger partial charge in [-0.25, -0.2) is 0 Å². The monoisotopic (exact) mass is 496 g/mol. The van der Waals surface area contributed by atoms with Crippen molar-refractivity contribution in [1.82, 2.24) is 15.3 Å². The van der Waals surface area contributed by atoms with Crippen LogP contribution in [0.25, 0.3) is 0 Å². The number of para-hydroxylation sites is 2. The number of nitrogens with zero attached hydrogens (tertiary/aromatic N) is 2. The van der Waals surface area contributed by atoms with Gasteiger partial charge in [0.15, 0.2) is 5.11 Å². The van der Waals surface area contributed by atoms with E-state index in [1.165, 1.54) is 18.4 Å². The Bertz CT molecular complexity index is 1220. The van der Waals surface area contributed by atoms with Crippen LogP contribution in [0.3, 0.4) is 0 Å². The Morgan fingerprint density at radius 3 is 1.78 bits per heavy atom. The number of benzene rings is 3. The van der Waals surface area contributed by atoms with E-state index in [9.17, 15) is 0 Å². The van der Waals surface area contributed by atoms with Gasteiger partial charge in [-0.15, -0.1) is 0 Å². The smallest absolute Gasteiger partial charge is 0.235 e. The van der Waals surface area contributed by atoms with E-state index in [0.717, 1.165) is 19.4 Å². The maximum atomic E-state index is 5.96. The quantitative estimate of drug-likeness (QED) is 0.258. The predicted molar refractivity (Wildman–Crippen MR) is 146 cm³/mol. The molecule has 1 aromatic heterocycles. The Hall–Kier alpha value is -3.97. The third-order valence-corrected chi connectivity index (χ3v) is 6.62. The van der Waals surface area contributed by atoms with Crippen molar-refractivity contribution in [2.75, 3.05) is 11.9 Å². The number of ether oxygens (including phenoxy) is 2. The minimum Gasteiger partial charge on any atom is -0.439 e. The standard InChI is InChI=1S/C29H28N4O2S/c36-28(30-21-29(18-10-11-19-29)22-12-4-1-5-13-22)33-27-31-25(34-23-14-6-2-7-15-23)20-26(32-27)35-24-16-8-3-9-17-24/h1-9,12-17,20H,10-11,18-19,21H2,(H2,30,31,32,33,36). The molecule has 0 amide bonds. The summed E-state index contributed by atoms with van der Waals surface area (Å²) in [4.78, 5) is 9.03. The molecule has 0 bridgehead atoms. The van der Waals surface area contributed by atoms with Crippen LogP contribution >= 0.6 is 12.2 Å². The minimum absolute atomic E-state index is 0.0771. The molecule has 0 saturated heterocycles. The van der Waals surface area contributed by atoms with Crippen LogP contribution in [0.2, 0.25) is 0 Å². The van der Waals surface area contributed by atoms with E-state index < -0.39 is 0 Å². The van der Waals surface area contributed by atoms with Crippen molar-refractivity contribution in [1.29, 1.82) is 0 Å². The molecule has 6 nitrogen and oxygen atoms in total. The molecule has 182 valence electrons. The van der Waals surface area contributed by atoms with Gasteiger partial charge < -0.3 is 20.1 Å². The zero-order chi connectivity index (χ0) is 24.6. The molecule has 2 N–H and O–H groups in total. The second-order valence-corrected chi connectivity index (χ2v) is 9.27. The number of thiocarbonyl (C=S) groups is 1. The van der Waals surface area contributed by atoms with Gasteiger partial charge in [-0.2, -0.15) is 9.97 Å². The molecule has 0 unspecified atom stereocenters. The fraction of sp³-hybridized carbons (Fsp3) is 0.207. The van der Waals surface area contributed by atoms with Gasteiger partial charge in [0.05, 0.1) is 6.07 Å². The third kappa shape index (κ3) is 5.98. The number of anilines is 1. The molecule has 1 aliphatic carbocycles. The first-order valence-corrected chi connectivity index (χ1v) is 12.5. The summed E-state index contributed by atoms with van der Waals surface area (Å²) in [7, 11) is 0. The van der Waals surface area contributed by atoms with Crippen molar-refractivity contribution in [3.63, 3.8) is 0 Å². The van der Waals surface area contributed by atoms with E-state index in [4.69, 9.17) is 21.7 Å². The molecule has 0 spiro atoms. The first-order chi connectivity index (χ1) is 17.7. The topological polar surface area (TPSA) is 68.3 Å². The molecular weight excluding hydrogens is 468 g/mol. The maximum Gasteiger partial charge on any atom is 0.235 e. The minimum atomic E-state index is 0.0771. The van der Waals surface area contributed by atoms with Crippen LogP contribution < -0.4 is 20.1 Å². The summed E-state index contributed by atoms with van der Waals surface area (Å²) < 4.78 is 11.9. The Labute approximate surface area is 216 Å². The zero-order valence-electron chi connectivity index (χ0n) is 19.9. The summed E-state index contributed by atoms with van der Waals surface area (Å²) in [5.41, 5.74) is 1.43. The Morgan fingerprint density at radius 2 is 1.25 bits per heavy atom. The lowest BCUT2D eigenvalue weighted by molar-refractivity contribution is 0.433. The highest BCUT2D eigenvalue weighted by atomic mass is 32.1. The lowest BCUT2D eigenvalue weighted by Crippen LogP contribution is -2.41. The van der Waals surface area contributed by atoms with Crippen molar-refractivity contribution in [2.24, 2.45) is 0 Å². The van der Waals surface area contributed by atoms with Gasteiger partial charge in [0.25, 0.3) is 0 Å². The molecule has 5 rings (SSSR count). The van der Waals surface area contributed by atoms with Crippen LogP contribution in [0.4, 0.5) is 5.95 Å². The molecule has 1 aliphatic rings. The third-order valence-electron chi connectivity index (χ3n) is 6.37. The van der Waals surface area contributed by atoms with Gasteiger partial charge in [0.2, 0.25) is 17.7 Å². The molecule has 0 atom stereocenters. The lowest BCUT2D eigenvalue weighted by atomic mass is 9.79. The number of aromatic nitrogens is 2. The van der Waals surface area contributed by atoms with Gasteiger partial charge in [-0.05, 0) is 54.9 Å². The van der Waals surface area contributed by atoms with Crippen molar-refractivity contribution >= 4 is 23.3 Å². The van der Waals surface area contributed by atoms with Gasteiger partial charge >= 0.3 is 0 Å². The Morgan fingerprint density at radius 1 is 0.750 bits per heavy atom. The normalized spacial score (nSPS) is 14.1. The van der Waals surface area contributed by atoms with Crippen LogP contribution in [0.5, 0.6) is 23.3 Å². The van der Waals surface area contributed by atoms with Crippen molar-refractivity contribution < 1.29 is 9.47 Å². The summed E-state index contributed by atoms with van der Waals surface area (Å²) in [6.45, 7) is 0.746. The largest absolute Gasteiger partial charge is 0.439 e. The summed E-state index contributed by atoms with van der Waals surface area (Å²) in [6, 6.07) is 31.3. The molecule has 1 saturated carbocycles. The molecule has 0 radical (unpaired) electrons. The van der Waals surface area contributed by atoms with Crippen LogP contribution in [0, 0.1) is 0 Å². The van der Waals surface area contributed by atoms with Crippen LogP contribution in [-0.2, 0) is 5.41 Å². The first kappa shape index (κ1) is 23.8. The van der Waals surface area contributed by atoms with E-state index in [2.05, 4.69) is 50.9 Å². The summed E-state index contributed by atoms with van der Waals surface area (Å²) in [5.74, 6) is 2.33. The second kappa shape index (κ2) is 11.2. The summed E-state index contributed by atoms with van der Waals surface area (Å²) in [6.07, 6.45) is 4.72. The summed E-state index contributed by atoms with van der Waals surface area (Å²) in [5, 5.41) is 6.99. The fourth-order valence-corrected chi connectivity index (χ4v) is 4.75. The van der Waals surface area contributed by atoms with Crippen molar-refractivity contribution in [2.45, 2.75) is 31.1 Å². The number of hydrogen-bond donors (Lipinski definition) is 2. The number of hydrogen-bond acceptors (Lipinski definition) is 5. The van der Waals surface area contributed by atoms with Gasteiger partial charge in [0, 0.05) is 12.0 Å². The predicted octanol–water partition coefficient (Wildman–Crippen LogP) is 6.86. The molecule has 0 aliphatic heterocycles. The second-order valence-electron chi connectivity index (χ2n) is 8.86. The fourth-order valence-electron chi connectivity index (χ4n) is 4.59. The van der Waals surface area contributed by atoms with E-state index in [0.29, 0.717) is 34.3 Å². The zero-order valence-corrected chi connectivity index (χ0v) is 20.7. The highest BCUT2D eigenvalue weighted by Gasteiger charge is 2.35. The van der Waals surface area contributed by atoms with Crippen molar-refractivity contribution in [3.05, 3.63) is 103 Å². The molecule has 36 heavy (non-hydrogen) atoms. The van der Waals surface area contributed by atoms with E-state index in [-0.39, 0.29) is 5.41 Å². The number of nitrogens with one attached hydrogen (secondary N) is 2. The van der Waals surface area contributed by atoms with Gasteiger partial charge in [-0.1, -0.05) is 79.6 Å². The Kier molecular flexibility index (Phi) is 7.38. The number of rotatable bonds is 8. The van der Waals surface area contributed by atoms with Gasteiger partial charge in [0.1, 0.15) is 11.5 Å². The molecular formula is C29H28N4O2S. The van der Waals surface area contributed by atoms with Crippen LogP contribution in [0.1, 0.15) is 31.2 Å².